The maximum Gasteiger partial charge on any atom is 0.449 e. The second-order valence-corrected chi connectivity index (χ2v) is 6.96. The van der Waals surface area contributed by atoms with Gasteiger partial charge in [-0.15, -0.1) is 0 Å². The van der Waals surface area contributed by atoms with Crippen molar-refractivity contribution in [2.24, 2.45) is 5.73 Å². The lowest BCUT2D eigenvalue weighted by molar-refractivity contribution is -0.117. The number of nitrogens with zero attached hydrogens (tertiary/aromatic N) is 2. The van der Waals surface area contributed by atoms with E-state index in [-0.39, 0.29) is 12.5 Å². The van der Waals surface area contributed by atoms with Gasteiger partial charge in [0.25, 0.3) is 0 Å². The molecule has 140 valence electrons. The number of benzene rings is 2. The van der Waals surface area contributed by atoms with Gasteiger partial charge in [0.05, 0.1) is 5.92 Å². The van der Waals surface area contributed by atoms with Crippen LogP contribution in [0.1, 0.15) is 17.0 Å². The van der Waals surface area contributed by atoms with Crippen molar-refractivity contribution in [1.29, 1.82) is 0 Å². The normalized spacial score (nSPS) is 14.1. The highest BCUT2D eigenvalue weighted by molar-refractivity contribution is 6.65. The Bertz CT molecular complexity index is 1070. The summed E-state index contributed by atoms with van der Waals surface area (Å²) < 4.78 is 0. The number of hydrogen-bond donors (Lipinski definition) is 3. The van der Waals surface area contributed by atoms with E-state index in [0.29, 0.717) is 5.69 Å². The Morgan fingerprint density at radius 3 is 2.93 bits per heavy atom. The number of carbonyl (C=O) groups is 1. The Morgan fingerprint density at radius 2 is 2.11 bits per heavy atom. The second kappa shape index (κ2) is 7.46. The minimum absolute atomic E-state index is 0.171. The van der Waals surface area contributed by atoms with Crippen LogP contribution in [0.25, 0.3) is 16.8 Å². The van der Waals surface area contributed by atoms with Crippen LogP contribution in [0.3, 0.4) is 0 Å². The SMILES string of the molecule is CN1C=Cc2ccc(C(CN)C(=O)Nc3ccc4cnccc4c3)cc2B1O. The summed E-state index contributed by atoms with van der Waals surface area (Å²) in [5.74, 6) is -0.688. The fourth-order valence-electron chi connectivity index (χ4n) is 3.47. The van der Waals surface area contributed by atoms with Crippen LogP contribution >= 0.6 is 0 Å². The van der Waals surface area contributed by atoms with Gasteiger partial charge in [0.2, 0.25) is 5.91 Å². The van der Waals surface area contributed by atoms with Crippen molar-refractivity contribution in [1.82, 2.24) is 9.79 Å². The molecule has 28 heavy (non-hydrogen) atoms. The van der Waals surface area contributed by atoms with E-state index in [2.05, 4.69) is 10.3 Å². The largest absolute Gasteiger partial charge is 0.449 e. The molecular weight excluding hydrogens is 351 g/mol. The minimum Gasteiger partial charge on any atom is -0.429 e. The van der Waals surface area contributed by atoms with Crippen molar-refractivity contribution < 1.29 is 9.82 Å². The van der Waals surface area contributed by atoms with Crippen LogP contribution in [0.4, 0.5) is 5.69 Å². The smallest absolute Gasteiger partial charge is 0.429 e. The third-order valence-electron chi connectivity index (χ3n) is 5.13. The van der Waals surface area contributed by atoms with Gasteiger partial charge in [-0.05, 0) is 59.5 Å². The van der Waals surface area contributed by atoms with Gasteiger partial charge < -0.3 is 20.9 Å². The van der Waals surface area contributed by atoms with E-state index < -0.39 is 13.0 Å². The summed E-state index contributed by atoms with van der Waals surface area (Å²) in [5.41, 5.74) is 9.14. The van der Waals surface area contributed by atoms with Gasteiger partial charge in [0.15, 0.2) is 0 Å². The van der Waals surface area contributed by atoms with Crippen molar-refractivity contribution >= 4 is 41.0 Å². The lowest BCUT2D eigenvalue weighted by Gasteiger charge is -2.25. The summed E-state index contributed by atoms with van der Waals surface area (Å²) in [6, 6.07) is 13.3. The monoisotopic (exact) mass is 372 g/mol. The Balaban J connectivity index is 1.59. The third kappa shape index (κ3) is 3.37. The minimum atomic E-state index is -0.740. The highest BCUT2D eigenvalue weighted by Crippen LogP contribution is 2.22. The Kier molecular flexibility index (Phi) is 4.85. The van der Waals surface area contributed by atoms with E-state index in [9.17, 15) is 9.82 Å². The number of anilines is 1. The molecule has 0 bridgehead atoms. The molecule has 4 rings (SSSR count). The molecule has 2 heterocycles. The summed E-state index contributed by atoms with van der Waals surface area (Å²) in [6.45, 7) is 0.171. The van der Waals surface area contributed by atoms with Crippen molar-refractivity contribution in [3.05, 3.63) is 72.2 Å². The molecule has 6 nitrogen and oxygen atoms in total. The molecule has 2 aromatic carbocycles. The first-order valence-corrected chi connectivity index (χ1v) is 9.13. The number of nitrogens with one attached hydrogen (secondary N) is 1. The van der Waals surface area contributed by atoms with Crippen LogP contribution < -0.4 is 16.5 Å². The number of hydrogen-bond acceptors (Lipinski definition) is 5. The van der Waals surface area contributed by atoms with Crippen molar-refractivity contribution in [2.45, 2.75) is 5.92 Å². The standard InChI is InChI=1S/C21H21BN4O2/c1-26-9-7-14-2-3-16(11-20(14)22(26)28)19(12-23)21(27)25-18-5-4-17-13-24-8-6-15(17)10-18/h2-11,13,19,28H,12,23H2,1H3,(H,25,27). The van der Waals surface area contributed by atoms with Gasteiger partial charge in [0, 0.05) is 30.0 Å². The molecule has 0 spiro atoms. The first-order chi connectivity index (χ1) is 13.6. The highest BCUT2D eigenvalue weighted by atomic mass is 16.2. The molecule has 1 aromatic heterocycles. The summed E-state index contributed by atoms with van der Waals surface area (Å²) in [7, 11) is 1.06. The first-order valence-electron chi connectivity index (χ1n) is 9.13. The molecule has 1 aliphatic rings. The lowest BCUT2D eigenvalue weighted by Crippen LogP contribution is -2.47. The van der Waals surface area contributed by atoms with E-state index in [0.717, 1.165) is 27.4 Å². The molecule has 0 aliphatic carbocycles. The number of pyridine rings is 1. The maximum atomic E-state index is 12.9. The van der Waals surface area contributed by atoms with Gasteiger partial charge >= 0.3 is 7.05 Å². The summed E-state index contributed by atoms with van der Waals surface area (Å²) in [5, 5.41) is 15.4. The fraction of sp³-hybridized carbons (Fsp3) is 0.143. The van der Waals surface area contributed by atoms with Crippen molar-refractivity contribution in [3.8, 4) is 0 Å². The first kappa shape index (κ1) is 18.2. The van der Waals surface area contributed by atoms with Crippen molar-refractivity contribution in [3.63, 3.8) is 0 Å². The predicted molar refractivity (Wildman–Crippen MR) is 113 cm³/mol. The predicted octanol–water partition coefficient (Wildman–Crippen LogP) is 1.52. The topological polar surface area (TPSA) is 91.5 Å². The number of aromatic nitrogens is 1. The van der Waals surface area contributed by atoms with Crippen LogP contribution in [-0.2, 0) is 4.79 Å². The van der Waals surface area contributed by atoms with Gasteiger partial charge in [0.1, 0.15) is 0 Å². The van der Waals surface area contributed by atoms with Gasteiger partial charge in [-0.25, -0.2) is 0 Å². The molecule has 1 aliphatic heterocycles. The molecule has 0 saturated heterocycles. The number of carbonyl (C=O) groups excluding carboxylic acids is 1. The van der Waals surface area contributed by atoms with Crippen LogP contribution in [0.2, 0.25) is 0 Å². The number of nitrogens with two attached hydrogens (primary N) is 1. The zero-order valence-corrected chi connectivity index (χ0v) is 15.5. The maximum absolute atomic E-state index is 12.9. The number of rotatable bonds is 4. The Hall–Kier alpha value is -3.16. The van der Waals surface area contributed by atoms with Gasteiger partial charge in [-0.1, -0.05) is 24.3 Å². The molecule has 0 radical (unpaired) electrons. The molecule has 7 heteroatoms. The summed E-state index contributed by atoms with van der Waals surface area (Å²) in [4.78, 5) is 18.7. The van der Waals surface area contributed by atoms with Crippen LogP contribution in [0.5, 0.6) is 0 Å². The molecular formula is C21H21BN4O2. The summed E-state index contributed by atoms with van der Waals surface area (Å²) >= 11 is 0. The Morgan fingerprint density at radius 1 is 1.25 bits per heavy atom. The quantitative estimate of drug-likeness (QED) is 0.604. The van der Waals surface area contributed by atoms with E-state index in [1.807, 2.05) is 54.7 Å². The highest BCUT2D eigenvalue weighted by Gasteiger charge is 2.27. The molecule has 0 saturated carbocycles. The van der Waals surface area contributed by atoms with Crippen LogP contribution in [0, 0.1) is 0 Å². The van der Waals surface area contributed by atoms with Crippen LogP contribution in [0.15, 0.2) is 61.1 Å². The van der Waals surface area contributed by atoms with Crippen LogP contribution in [-0.4, -0.2) is 41.4 Å². The molecule has 1 unspecified atom stereocenters. The second-order valence-electron chi connectivity index (χ2n) is 6.96. The van der Waals surface area contributed by atoms with Gasteiger partial charge in [-0.3, -0.25) is 9.78 Å². The Labute approximate surface area is 163 Å². The zero-order chi connectivity index (χ0) is 19.7. The van der Waals surface area contributed by atoms with Gasteiger partial charge in [-0.2, -0.15) is 0 Å². The van der Waals surface area contributed by atoms with E-state index in [4.69, 9.17) is 5.73 Å². The fourth-order valence-corrected chi connectivity index (χ4v) is 3.47. The summed E-state index contributed by atoms with van der Waals surface area (Å²) in [6.07, 6.45) is 7.27. The molecule has 3 aromatic rings. The zero-order valence-electron chi connectivity index (χ0n) is 15.5. The van der Waals surface area contributed by atoms with Crippen molar-refractivity contribution in [2.75, 3.05) is 18.9 Å². The molecule has 1 amide bonds. The molecule has 4 N–H and O–H groups in total. The van der Waals surface area contributed by atoms with E-state index in [1.165, 1.54) is 0 Å². The van der Waals surface area contributed by atoms with E-state index >= 15 is 0 Å². The van der Waals surface area contributed by atoms with E-state index in [1.54, 1.807) is 24.3 Å². The average molecular weight is 372 g/mol. The third-order valence-corrected chi connectivity index (χ3v) is 5.13. The number of amides is 1. The molecule has 1 atom stereocenters. The lowest BCUT2D eigenvalue weighted by atomic mass is 9.67. The number of fused-ring (bicyclic) bond motifs is 2. The molecule has 0 fully saturated rings. The average Bonchev–Trinajstić information content (AvgIpc) is 2.71.